The maximum absolute atomic E-state index is 13.1. The van der Waals surface area contributed by atoms with Crippen molar-refractivity contribution >= 4 is 39.5 Å². The zero-order chi connectivity index (χ0) is 19.8. The normalized spacial score (nSPS) is 17.0. The highest BCUT2D eigenvalue weighted by Gasteiger charge is 2.46. The van der Waals surface area contributed by atoms with Crippen LogP contribution in [-0.4, -0.2) is 27.0 Å². The van der Waals surface area contributed by atoms with E-state index in [0.717, 1.165) is 11.1 Å². The molecule has 28 heavy (non-hydrogen) atoms. The average molecular weight is 412 g/mol. The third-order valence-corrected chi connectivity index (χ3v) is 6.23. The topological polar surface area (TPSA) is 83.4 Å². The van der Waals surface area contributed by atoms with Gasteiger partial charge in [0.15, 0.2) is 5.76 Å². The van der Waals surface area contributed by atoms with Crippen molar-refractivity contribution in [1.29, 1.82) is 0 Å². The summed E-state index contributed by atoms with van der Waals surface area (Å²) in [5.41, 5.74) is 3.46. The fourth-order valence-corrected chi connectivity index (χ4v) is 4.49. The molecule has 142 valence electrons. The van der Waals surface area contributed by atoms with Crippen LogP contribution in [0.25, 0.3) is 0 Å². The predicted molar refractivity (Wildman–Crippen MR) is 109 cm³/mol. The van der Waals surface area contributed by atoms with E-state index < -0.39 is 17.7 Å². The fraction of sp³-hybridized carbons (Fsp3) is 0.200. The molecule has 0 saturated carbocycles. The summed E-state index contributed by atoms with van der Waals surface area (Å²) in [7, 11) is 0. The van der Waals surface area contributed by atoms with Crippen molar-refractivity contribution in [2.75, 3.05) is 4.90 Å². The van der Waals surface area contributed by atoms with E-state index in [4.69, 9.17) is 0 Å². The van der Waals surface area contributed by atoms with Crippen molar-refractivity contribution in [3.8, 4) is 0 Å². The van der Waals surface area contributed by atoms with Gasteiger partial charge in [0.2, 0.25) is 10.9 Å². The highest BCUT2D eigenvalue weighted by atomic mass is 32.1. The minimum Gasteiger partial charge on any atom is -0.503 e. The molecule has 0 aliphatic carbocycles. The number of Topliss-reactive ketones (excluding diaryl/α,β-unsaturated/α-hetero) is 1. The van der Waals surface area contributed by atoms with Gasteiger partial charge < -0.3 is 5.11 Å². The Balaban J connectivity index is 1.85. The van der Waals surface area contributed by atoms with Crippen LogP contribution in [0.15, 0.2) is 58.6 Å². The largest absolute Gasteiger partial charge is 0.503 e. The van der Waals surface area contributed by atoms with Gasteiger partial charge in [-0.1, -0.05) is 55.5 Å². The molecule has 8 heteroatoms. The zero-order valence-electron chi connectivity index (χ0n) is 15.2. The van der Waals surface area contributed by atoms with Gasteiger partial charge in [0.05, 0.1) is 16.5 Å². The molecule has 1 aromatic carbocycles. The van der Waals surface area contributed by atoms with E-state index in [9.17, 15) is 14.7 Å². The van der Waals surface area contributed by atoms with Gasteiger partial charge in [0, 0.05) is 0 Å². The fourth-order valence-electron chi connectivity index (χ4n) is 3.23. The molecule has 3 heterocycles. The molecule has 1 amide bonds. The van der Waals surface area contributed by atoms with Crippen molar-refractivity contribution in [2.45, 2.75) is 25.8 Å². The number of anilines is 1. The standard InChI is InChI=1S/C20H17N3O3S2/c1-11(2)12-5-7-13(8-6-12)16-15(17(24)14-4-3-9-27-14)18(25)19(26)23(16)20-22-21-10-28-20/h3-11,16,25H,1-2H3. The molecule has 1 atom stereocenters. The van der Waals surface area contributed by atoms with Gasteiger partial charge in [-0.2, -0.15) is 0 Å². The summed E-state index contributed by atoms with van der Waals surface area (Å²) < 4.78 is 0. The van der Waals surface area contributed by atoms with Gasteiger partial charge in [-0.05, 0) is 28.5 Å². The van der Waals surface area contributed by atoms with Crippen LogP contribution < -0.4 is 4.90 Å². The first kappa shape index (κ1) is 18.5. The second kappa shape index (κ2) is 7.29. The number of aromatic nitrogens is 2. The quantitative estimate of drug-likeness (QED) is 0.625. The van der Waals surface area contributed by atoms with Crippen molar-refractivity contribution in [3.63, 3.8) is 0 Å². The Morgan fingerprint density at radius 3 is 2.50 bits per heavy atom. The maximum Gasteiger partial charge on any atom is 0.296 e. The summed E-state index contributed by atoms with van der Waals surface area (Å²) >= 11 is 2.45. The molecule has 0 spiro atoms. The van der Waals surface area contributed by atoms with Crippen LogP contribution in [0, 0.1) is 0 Å². The summed E-state index contributed by atoms with van der Waals surface area (Å²) in [6.07, 6.45) is 0. The van der Waals surface area contributed by atoms with E-state index in [1.165, 1.54) is 33.1 Å². The number of ketones is 1. The number of hydrogen-bond donors (Lipinski definition) is 1. The second-order valence-electron chi connectivity index (χ2n) is 6.69. The molecule has 1 aliphatic rings. The Morgan fingerprint density at radius 2 is 1.93 bits per heavy atom. The number of aliphatic hydroxyl groups is 1. The Labute approximate surface area is 169 Å². The van der Waals surface area contributed by atoms with Crippen LogP contribution in [-0.2, 0) is 4.79 Å². The molecule has 4 rings (SSSR count). The van der Waals surface area contributed by atoms with E-state index in [1.807, 2.05) is 24.3 Å². The number of nitrogens with zero attached hydrogens (tertiary/aromatic N) is 3. The molecule has 1 N–H and O–H groups in total. The summed E-state index contributed by atoms with van der Waals surface area (Å²) in [6, 6.07) is 10.4. The number of carbonyl (C=O) groups is 2. The van der Waals surface area contributed by atoms with E-state index in [1.54, 1.807) is 17.5 Å². The Bertz CT molecular complexity index is 1040. The van der Waals surface area contributed by atoms with Gasteiger partial charge in [-0.15, -0.1) is 21.5 Å². The number of carbonyl (C=O) groups excluding carboxylic acids is 2. The molecule has 0 fully saturated rings. The Morgan fingerprint density at radius 1 is 1.18 bits per heavy atom. The molecule has 2 aromatic heterocycles. The van der Waals surface area contributed by atoms with Crippen LogP contribution in [0.3, 0.4) is 0 Å². The van der Waals surface area contributed by atoms with Crippen LogP contribution in [0.4, 0.5) is 5.13 Å². The Kier molecular flexibility index (Phi) is 4.82. The van der Waals surface area contributed by atoms with Crippen LogP contribution in [0.2, 0.25) is 0 Å². The van der Waals surface area contributed by atoms with Crippen molar-refractivity contribution in [3.05, 3.63) is 74.6 Å². The number of hydrogen-bond acceptors (Lipinski definition) is 7. The number of rotatable bonds is 5. The molecule has 3 aromatic rings. The lowest BCUT2D eigenvalue weighted by atomic mass is 9.93. The van der Waals surface area contributed by atoms with Crippen LogP contribution in [0.1, 0.15) is 46.6 Å². The van der Waals surface area contributed by atoms with E-state index in [2.05, 4.69) is 24.0 Å². The monoisotopic (exact) mass is 411 g/mol. The minimum absolute atomic E-state index is 0.0694. The molecule has 1 aliphatic heterocycles. The summed E-state index contributed by atoms with van der Waals surface area (Å²) in [5.74, 6) is -1.18. The molecule has 0 radical (unpaired) electrons. The number of thiophene rings is 1. The molecule has 1 unspecified atom stereocenters. The molecule has 6 nitrogen and oxygen atoms in total. The van der Waals surface area contributed by atoms with Crippen LogP contribution >= 0.6 is 22.7 Å². The molecule has 0 bridgehead atoms. The third kappa shape index (κ3) is 3.04. The first-order chi connectivity index (χ1) is 13.5. The zero-order valence-corrected chi connectivity index (χ0v) is 16.8. The summed E-state index contributed by atoms with van der Waals surface area (Å²) in [5, 5.41) is 20.5. The van der Waals surface area contributed by atoms with Crippen molar-refractivity contribution in [1.82, 2.24) is 10.2 Å². The third-order valence-electron chi connectivity index (χ3n) is 4.67. The highest BCUT2D eigenvalue weighted by molar-refractivity contribution is 7.13. The van der Waals surface area contributed by atoms with Crippen LogP contribution in [0.5, 0.6) is 0 Å². The second-order valence-corrected chi connectivity index (χ2v) is 8.45. The minimum atomic E-state index is -0.753. The lowest BCUT2D eigenvalue weighted by molar-refractivity contribution is -0.117. The number of amides is 1. The average Bonchev–Trinajstić information content (AvgIpc) is 3.43. The first-order valence-electron chi connectivity index (χ1n) is 8.70. The molecular formula is C20H17N3O3S2. The van der Waals surface area contributed by atoms with Crippen molar-refractivity contribution < 1.29 is 14.7 Å². The number of benzene rings is 1. The van der Waals surface area contributed by atoms with Gasteiger partial charge in [-0.25, -0.2) is 0 Å². The van der Waals surface area contributed by atoms with Gasteiger partial charge in [0.1, 0.15) is 5.51 Å². The summed E-state index contributed by atoms with van der Waals surface area (Å²) in [4.78, 5) is 27.8. The van der Waals surface area contributed by atoms with Gasteiger partial charge >= 0.3 is 0 Å². The van der Waals surface area contributed by atoms with E-state index in [0.29, 0.717) is 15.9 Å². The molecular weight excluding hydrogens is 394 g/mol. The van der Waals surface area contributed by atoms with Crippen molar-refractivity contribution in [2.24, 2.45) is 0 Å². The predicted octanol–water partition coefficient (Wildman–Crippen LogP) is 4.51. The lowest BCUT2D eigenvalue weighted by Gasteiger charge is -2.24. The SMILES string of the molecule is CC(C)c1ccc(C2C(C(=O)c3cccs3)=C(O)C(=O)N2c2nncs2)cc1. The molecule has 0 saturated heterocycles. The smallest absolute Gasteiger partial charge is 0.296 e. The van der Waals surface area contributed by atoms with Gasteiger partial charge in [-0.3, -0.25) is 14.5 Å². The lowest BCUT2D eigenvalue weighted by Crippen LogP contribution is -2.31. The van der Waals surface area contributed by atoms with E-state index in [-0.39, 0.29) is 11.4 Å². The van der Waals surface area contributed by atoms with E-state index >= 15 is 0 Å². The summed E-state index contributed by atoms with van der Waals surface area (Å²) in [6.45, 7) is 4.19. The maximum atomic E-state index is 13.1. The van der Waals surface area contributed by atoms with Gasteiger partial charge in [0.25, 0.3) is 5.91 Å². The number of aliphatic hydroxyl groups excluding tert-OH is 1. The Hall–Kier alpha value is -2.84. The highest BCUT2D eigenvalue weighted by Crippen LogP contribution is 2.42. The first-order valence-corrected chi connectivity index (χ1v) is 10.5.